The lowest BCUT2D eigenvalue weighted by molar-refractivity contribution is -0.124. The minimum Gasteiger partial charge on any atom is -0.377 e. The maximum atomic E-state index is 12.4. The number of carbonyl (C=O) groups excluding carboxylic acids is 1. The standard InChI is InChI=1S/C22H25N5O3/c1-23-22(29)20-15-30-9-8-27(20)19-10-21(28)25(2)14-18(19)17-11-24-26(13-17)12-16-6-4-3-5-7-16/h3-7,10-11,13-14,20H,8-9,12,15H2,1-2H3,(H,23,29)/t20-/m0/s1. The second kappa shape index (κ2) is 8.54. The normalized spacial score (nSPS) is 16.5. The van der Waals surface area contributed by atoms with Crippen LogP contribution in [-0.2, 0) is 23.1 Å². The zero-order chi connectivity index (χ0) is 21.1. The zero-order valence-electron chi connectivity index (χ0n) is 17.1. The summed E-state index contributed by atoms with van der Waals surface area (Å²) < 4.78 is 8.94. The van der Waals surface area contributed by atoms with Crippen LogP contribution in [0.25, 0.3) is 11.1 Å². The Balaban J connectivity index is 1.73. The van der Waals surface area contributed by atoms with Gasteiger partial charge in [-0.1, -0.05) is 30.3 Å². The Morgan fingerprint density at radius 2 is 2.07 bits per heavy atom. The van der Waals surface area contributed by atoms with Gasteiger partial charge in [0, 0.05) is 50.2 Å². The molecule has 8 nitrogen and oxygen atoms in total. The quantitative estimate of drug-likeness (QED) is 0.689. The molecule has 1 aliphatic heterocycles. The van der Waals surface area contributed by atoms with Crippen LogP contribution in [0.2, 0.25) is 0 Å². The molecule has 0 radical (unpaired) electrons. The molecule has 3 aromatic rings. The Labute approximate surface area is 174 Å². The van der Waals surface area contributed by atoms with Crippen molar-refractivity contribution in [3.05, 3.63) is 70.9 Å². The van der Waals surface area contributed by atoms with Gasteiger partial charge in [0.1, 0.15) is 6.04 Å². The van der Waals surface area contributed by atoms with Crippen LogP contribution in [0.3, 0.4) is 0 Å². The number of nitrogens with one attached hydrogen (secondary N) is 1. The van der Waals surface area contributed by atoms with E-state index in [4.69, 9.17) is 4.74 Å². The van der Waals surface area contributed by atoms with Gasteiger partial charge in [-0.2, -0.15) is 5.10 Å². The van der Waals surface area contributed by atoms with Crippen molar-refractivity contribution in [3.8, 4) is 11.1 Å². The van der Waals surface area contributed by atoms with Gasteiger partial charge in [0.15, 0.2) is 0 Å². The number of likely N-dealkylation sites (N-methyl/N-ethyl adjacent to an activating group) is 1. The molecule has 1 fully saturated rings. The molecule has 0 saturated carbocycles. The van der Waals surface area contributed by atoms with E-state index >= 15 is 0 Å². The summed E-state index contributed by atoms with van der Waals surface area (Å²) in [4.78, 5) is 26.8. The van der Waals surface area contributed by atoms with Gasteiger partial charge >= 0.3 is 0 Å². The first-order valence-electron chi connectivity index (χ1n) is 9.90. The number of hydrogen-bond donors (Lipinski definition) is 1. The Kier molecular flexibility index (Phi) is 5.67. The SMILES string of the molecule is CNC(=O)[C@@H]1COCCN1c1cc(=O)n(C)cc1-c1cnn(Cc2ccccc2)c1. The summed E-state index contributed by atoms with van der Waals surface area (Å²) in [5.74, 6) is -0.138. The van der Waals surface area contributed by atoms with Crippen molar-refractivity contribution in [2.75, 3.05) is 31.7 Å². The molecule has 0 bridgehead atoms. The van der Waals surface area contributed by atoms with Crippen molar-refractivity contribution in [1.82, 2.24) is 19.7 Å². The number of ether oxygens (including phenoxy) is 1. The van der Waals surface area contributed by atoms with Gasteiger partial charge in [0.25, 0.3) is 5.56 Å². The lowest BCUT2D eigenvalue weighted by atomic mass is 10.1. The van der Waals surface area contributed by atoms with Gasteiger partial charge in [-0.05, 0) is 5.56 Å². The number of carbonyl (C=O) groups is 1. The van der Waals surface area contributed by atoms with Crippen LogP contribution in [0, 0.1) is 0 Å². The van der Waals surface area contributed by atoms with Crippen molar-refractivity contribution in [3.63, 3.8) is 0 Å². The highest BCUT2D eigenvalue weighted by Gasteiger charge is 2.31. The molecular formula is C22H25N5O3. The maximum absolute atomic E-state index is 12.4. The number of amides is 1. The topological polar surface area (TPSA) is 81.4 Å². The molecule has 1 amide bonds. The van der Waals surface area contributed by atoms with E-state index in [0.29, 0.717) is 25.4 Å². The van der Waals surface area contributed by atoms with Crippen LogP contribution in [-0.4, -0.2) is 53.1 Å². The highest BCUT2D eigenvalue weighted by atomic mass is 16.5. The third-order valence-electron chi connectivity index (χ3n) is 5.33. The van der Waals surface area contributed by atoms with E-state index in [1.807, 2.05) is 34.0 Å². The molecule has 1 N–H and O–H groups in total. The molecule has 156 valence electrons. The van der Waals surface area contributed by atoms with Crippen molar-refractivity contribution in [2.24, 2.45) is 7.05 Å². The van der Waals surface area contributed by atoms with Crippen LogP contribution in [0.5, 0.6) is 0 Å². The first-order chi connectivity index (χ1) is 14.6. The fraction of sp³-hybridized carbons (Fsp3) is 0.318. The van der Waals surface area contributed by atoms with Crippen molar-refractivity contribution < 1.29 is 9.53 Å². The van der Waals surface area contributed by atoms with Crippen LogP contribution in [0.15, 0.2) is 59.8 Å². The second-order valence-corrected chi connectivity index (χ2v) is 7.33. The monoisotopic (exact) mass is 407 g/mol. The number of anilines is 1. The molecule has 0 aliphatic carbocycles. The lowest BCUT2D eigenvalue weighted by Crippen LogP contribution is -2.53. The summed E-state index contributed by atoms with van der Waals surface area (Å²) in [7, 11) is 3.33. The van der Waals surface area contributed by atoms with E-state index in [-0.39, 0.29) is 18.1 Å². The number of rotatable bonds is 5. The smallest absolute Gasteiger partial charge is 0.252 e. The van der Waals surface area contributed by atoms with Gasteiger partial charge in [-0.3, -0.25) is 14.3 Å². The van der Waals surface area contributed by atoms with Crippen LogP contribution < -0.4 is 15.8 Å². The molecule has 3 heterocycles. The predicted molar refractivity (Wildman–Crippen MR) is 114 cm³/mol. The number of pyridine rings is 1. The molecular weight excluding hydrogens is 382 g/mol. The van der Waals surface area contributed by atoms with Crippen LogP contribution in [0.1, 0.15) is 5.56 Å². The molecule has 8 heteroatoms. The molecule has 2 aromatic heterocycles. The molecule has 1 saturated heterocycles. The third-order valence-corrected chi connectivity index (χ3v) is 5.33. The highest BCUT2D eigenvalue weighted by Crippen LogP contribution is 2.31. The summed E-state index contributed by atoms with van der Waals surface area (Å²) in [5.41, 5.74) is 3.48. The fourth-order valence-electron chi connectivity index (χ4n) is 3.72. The highest BCUT2D eigenvalue weighted by molar-refractivity contribution is 5.88. The van der Waals surface area contributed by atoms with Gasteiger partial charge in [0.05, 0.1) is 31.6 Å². The first-order valence-corrected chi connectivity index (χ1v) is 9.90. The van der Waals surface area contributed by atoms with Crippen molar-refractivity contribution in [1.29, 1.82) is 0 Å². The fourth-order valence-corrected chi connectivity index (χ4v) is 3.72. The van der Waals surface area contributed by atoms with Crippen LogP contribution >= 0.6 is 0 Å². The Morgan fingerprint density at radius 1 is 1.27 bits per heavy atom. The van der Waals surface area contributed by atoms with Crippen molar-refractivity contribution >= 4 is 11.6 Å². The zero-order valence-corrected chi connectivity index (χ0v) is 17.1. The van der Waals surface area contributed by atoms with Gasteiger partial charge < -0.3 is 19.5 Å². The average Bonchev–Trinajstić information content (AvgIpc) is 3.23. The predicted octanol–water partition coefficient (Wildman–Crippen LogP) is 1.25. The van der Waals surface area contributed by atoms with Gasteiger partial charge in [0.2, 0.25) is 5.91 Å². The molecule has 4 rings (SSSR count). The van der Waals surface area contributed by atoms with E-state index in [2.05, 4.69) is 22.5 Å². The molecule has 30 heavy (non-hydrogen) atoms. The summed E-state index contributed by atoms with van der Waals surface area (Å²) in [6.07, 6.45) is 5.56. The molecule has 1 atom stereocenters. The third kappa shape index (κ3) is 3.99. The first kappa shape index (κ1) is 19.9. The maximum Gasteiger partial charge on any atom is 0.252 e. The summed E-state index contributed by atoms with van der Waals surface area (Å²) in [6.45, 7) is 1.95. The molecule has 0 unspecified atom stereocenters. The summed E-state index contributed by atoms with van der Waals surface area (Å²) in [5, 5.41) is 7.19. The Morgan fingerprint density at radius 3 is 2.83 bits per heavy atom. The van der Waals surface area contributed by atoms with E-state index in [9.17, 15) is 9.59 Å². The summed E-state index contributed by atoms with van der Waals surface area (Å²) in [6, 6.07) is 11.2. The number of hydrogen-bond acceptors (Lipinski definition) is 5. The van der Waals surface area contributed by atoms with Crippen molar-refractivity contribution in [2.45, 2.75) is 12.6 Å². The van der Waals surface area contributed by atoms with Gasteiger partial charge in [-0.15, -0.1) is 0 Å². The average molecular weight is 407 g/mol. The Hall–Kier alpha value is -3.39. The number of aryl methyl sites for hydroxylation is 1. The minimum atomic E-state index is -0.492. The van der Waals surface area contributed by atoms with E-state index < -0.39 is 6.04 Å². The minimum absolute atomic E-state index is 0.132. The molecule has 0 spiro atoms. The Bertz CT molecular complexity index is 1090. The van der Waals surface area contributed by atoms with E-state index in [1.54, 1.807) is 37.1 Å². The largest absolute Gasteiger partial charge is 0.377 e. The number of aromatic nitrogens is 3. The van der Waals surface area contributed by atoms with Gasteiger partial charge in [-0.25, -0.2) is 0 Å². The van der Waals surface area contributed by atoms with Crippen LogP contribution in [0.4, 0.5) is 5.69 Å². The number of nitrogens with zero attached hydrogens (tertiary/aromatic N) is 4. The lowest BCUT2D eigenvalue weighted by Gasteiger charge is -2.37. The second-order valence-electron chi connectivity index (χ2n) is 7.33. The number of morpholine rings is 1. The number of benzene rings is 1. The summed E-state index contributed by atoms with van der Waals surface area (Å²) >= 11 is 0. The molecule has 1 aromatic carbocycles. The van der Waals surface area contributed by atoms with E-state index in [0.717, 1.165) is 16.7 Å². The van der Waals surface area contributed by atoms with E-state index in [1.165, 1.54) is 0 Å². The molecule has 1 aliphatic rings.